The van der Waals surface area contributed by atoms with Crippen LogP contribution in [0.15, 0.2) is 47.5 Å². The molecule has 1 fully saturated rings. The number of pyridine rings is 1. The minimum absolute atomic E-state index is 0.0216. The van der Waals surface area contributed by atoms with Gasteiger partial charge in [0.15, 0.2) is 5.60 Å². The summed E-state index contributed by atoms with van der Waals surface area (Å²) in [5.74, 6) is 7.61. The zero-order valence-corrected chi connectivity index (χ0v) is 19.8. The summed E-state index contributed by atoms with van der Waals surface area (Å²) in [6.07, 6.45) is -4.43. The van der Waals surface area contributed by atoms with Crippen molar-refractivity contribution >= 4 is 21.3 Å². The Morgan fingerprint density at radius 3 is 2.26 bits per heavy atom. The minimum Gasteiger partial charge on any atom is -0.384 e. The van der Waals surface area contributed by atoms with Crippen molar-refractivity contribution in [3.63, 3.8) is 0 Å². The van der Waals surface area contributed by atoms with E-state index in [1.54, 1.807) is 12.1 Å². The summed E-state index contributed by atoms with van der Waals surface area (Å²) in [6.45, 7) is 4.03. The number of halogens is 3. The molecule has 186 valence electrons. The number of nitrogens with two attached hydrogens (primary N) is 1. The van der Waals surface area contributed by atoms with Crippen LogP contribution in [0.1, 0.15) is 18.9 Å². The maximum atomic E-state index is 13.5. The molecule has 0 radical (unpaired) electrons. The Morgan fingerprint density at radius 1 is 1.06 bits per heavy atom. The number of hydrogen-bond donors (Lipinski definition) is 2. The molecule has 0 aliphatic carbocycles. The second-order valence-electron chi connectivity index (χ2n) is 7.97. The molecule has 1 aliphatic heterocycles. The van der Waals surface area contributed by atoms with E-state index >= 15 is 0 Å². The highest BCUT2D eigenvalue weighted by Crippen LogP contribution is 2.41. The van der Waals surface area contributed by atoms with Crippen molar-refractivity contribution < 1.29 is 26.7 Å². The van der Waals surface area contributed by atoms with Crippen LogP contribution < -0.4 is 10.6 Å². The third-order valence-corrected chi connectivity index (χ3v) is 6.93. The molecule has 7 nitrogen and oxygen atoms in total. The summed E-state index contributed by atoms with van der Waals surface area (Å²) in [5.41, 5.74) is 2.90. The Hall–Kier alpha value is -3.25. The fraction of sp³-hybridized carbons (Fsp3) is 0.375. The number of sulfone groups is 1. The van der Waals surface area contributed by atoms with E-state index in [1.165, 1.54) is 31.2 Å². The molecule has 1 saturated heterocycles. The molecule has 1 atom stereocenters. The Balaban J connectivity index is 1.60. The molecular formula is C24H25F3N4O3S. The Morgan fingerprint density at radius 2 is 1.71 bits per heavy atom. The zero-order chi connectivity index (χ0) is 25.7. The van der Waals surface area contributed by atoms with E-state index in [9.17, 15) is 26.7 Å². The largest absolute Gasteiger partial charge is 0.422 e. The quantitative estimate of drug-likeness (QED) is 0.475. The summed E-state index contributed by atoms with van der Waals surface area (Å²) in [6, 6.07) is 8.39. The number of anilines is 2. The fourth-order valence-electron chi connectivity index (χ4n) is 3.54. The molecule has 0 amide bonds. The second kappa shape index (κ2) is 10.6. The van der Waals surface area contributed by atoms with Gasteiger partial charge in [-0.3, -0.25) is 4.90 Å². The summed E-state index contributed by atoms with van der Waals surface area (Å²) in [7, 11) is -3.79. The number of nitrogens with zero attached hydrogens (tertiary/aromatic N) is 3. The van der Waals surface area contributed by atoms with E-state index in [0.717, 1.165) is 11.9 Å². The average Bonchev–Trinajstić information content (AvgIpc) is 2.82. The van der Waals surface area contributed by atoms with Gasteiger partial charge in [0.2, 0.25) is 9.84 Å². The van der Waals surface area contributed by atoms with Gasteiger partial charge in [0.05, 0.1) is 17.9 Å². The van der Waals surface area contributed by atoms with Crippen LogP contribution in [0.2, 0.25) is 0 Å². The SMILES string of the molecule is CC#CC[C@@](O)(c1ccc(N2CCN(CC#CS(=O)(=O)c3ccc(N)nc3)CC2)cc1)C(F)(F)F. The highest BCUT2D eigenvalue weighted by molar-refractivity contribution is 7.96. The first-order chi connectivity index (χ1) is 16.5. The van der Waals surface area contributed by atoms with E-state index in [2.05, 4.69) is 28.0 Å². The molecule has 3 N–H and O–H groups in total. The van der Waals surface area contributed by atoms with Crippen LogP contribution in [-0.4, -0.2) is 62.3 Å². The molecule has 0 saturated carbocycles. The Labute approximate surface area is 202 Å². The molecule has 0 bridgehead atoms. The molecule has 3 rings (SSSR count). The van der Waals surface area contributed by atoms with E-state index < -0.39 is 28.0 Å². The molecule has 0 unspecified atom stereocenters. The van der Waals surface area contributed by atoms with Gasteiger partial charge in [-0.15, -0.1) is 5.92 Å². The van der Waals surface area contributed by atoms with Crippen LogP contribution >= 0.6 is 0 Å². The average molecular weight is 507 g/mol. The molecule has 11 heteroatoms. The van der Waals surface area contributed by atoms with E-state index in [0.29, 0.717) is 26.2 Å². The van der Waals surface area contributed by atoms with Crippen LogP contribution in [0, 0.1) is 23.0 Å². The molecule has 2 aromatic rings. The third kappa shape index (κ3) is 6.25. The Kier molecular flexibility index (Phi) is 7.96. The number of benzene rings is 1. The van der Waals surface area contributed by atoms with Gasteiger partial charge >= 0.3 is 6.18 Å². The molecule has 2 heterocycles. The maximum Gasteiger partial charge on any atom is 0.422 e. The summed E-state index contributed by atoms with van der Waals surface area (Å²) < 4.78 is 65.1. The van der Waals surface area contributed by atoms with Gasteiger partial charge in [-0.05, 0) is 36.8 Å². The number of nitrogen functional groups attached to an aromatic ring is 1. The van der Waals surface area contributed by atoms with Crippen molar-refractivity contribution in [3.05, 3.63) is 48.2 Å². The molecule has 1 aromatic carbocycles. The predicted octanol–water partition coefficient (Wildman–Crippen LogP) is 2.38. The van der Waals surface area contributed by atoms with Crippen LogP contribution in [0.5, 0.6) is 0 Å². The van der Waals surface area contributed by atoms with Crippen molar-refractivity contribution in [2.75, 3.05) is 43.4 Å². The highest BCUT2D eigenvalue weighted by Gasteiger charge is 2.54. The predicted molar refractivity (Wildman–Crippen MR) is 127 cm³/mol. The monoisotopic (exact) mass is 506 g/mol. The third-order valence-electron chi connectivity index (χ3n) is 5.65. The van der Waals surface area contributed by atoms with Gasteiger partial charge < -0.3 is 15.7 Å². The standard InChI is InChI=1S/C24H25F3N4O3S/c1-2-3-11-23(32,24(25,26)27)19-5-7-20(8-6-19)31-15-13-30(14-16-31)12-4-17-35(33,34)21-9-10-22(28)29-18-21/h5-10,18,32H,11-16H2,1H3,(H2,28,29)/t23-/m1/s1. The van der Waals surface area contributed by atoms with Crippen molar-refractivity contribution in [1.82, 2.24) is 9.88 Å². The van der Waals surface area contributed by atoms with Crippen molar-refractivity contribution in [1.29, 1.82) is 0 Å². The number of alkyl halides is 3. The summed E-state index contributed by atoms with van der Waals surface area (Å²) in [5, 5.41) is 12.6. The molecule has 1 aromatic heterocycles. The number of piperazine rings is 1. The van der Waals surface area contributed by atoms with Crippen LogP contribution in [-0.2, 0) is 15.4 Å². The van der Waals surface area contributed by atoms with Gasteiger partial charge in [-0.25, -0.2) is 13.4 Å². The lowest BCUT2D eigenvalue weighted by atomic mass is 9.89. The molecule has 0 spiro atoms. The molecule has 35 heavy (non-hydrogen) atoms. The lowest BCUT2D eigenvalue weighted by Crippen LogP contribution is -2.46. The smallest absolute Gasteiger partial charge is 0.384 e. The van der Waals surface area contributed by atoms with E-state index in [1.807, 2.05) is 9.80 Å². The lowest BCUT2D eigenvalue weighted by Gasteiger charge is -2.35. The number of aliphatic hydroxyl groups is 1. The van der Waals surface area contributed by atoms with Crippen LogP contribution in [0.3, 0.4) is 0 Å². The van der Waals surface area contributed by atoms with Gasteiger partial charge in [0, 0.05) is 43.3 Å². The fourth-order valence-corrected chi connectivity index (χ4v) is 4.35. The van der Waals surface area contributed by atoms with Crippen molar-refractivity contribution in [2.24, 2.45) is 0 Å². The van der Waals surface area contributed by atoms with E-state index in [4.69, 9.17) is 5.73 Å². The van der Waals surface area contributed by atoms with E-state index in [-0.39, 0.29) is 22.8 Å². The topological polar surface area (TPSA) is 99.8 Å². The highest BCUT2D eigenvalue weighted by atomic mass is 32.2. The molecule has 1 aliphatic rings. The lowest BCUT2D eigenvalue weighted by molar-refractivity contribution is -0.264. The first kappa shape index (κ1) is 26.4. The molecular weight excluding hydrogens is 481 g/mol. The minimum atomic E-state index is -4.86. The van der Waals surface area contributed by atoms with Gasteiger partial charge in [0.25, 0.3) is 0 Å². The Bertz CT molecular complexity index is 1250. The second-order valence-corrected chi connectivity index (χ2v) is 9.66. The van der Waals surface area contributed by atoms with Crippen molar-refractivity contribution in [3.8, 4) is 23.0 Å². The normalized spacial score (nSPS) is 16.4. The van der Waals surface area contributed by atoms with Crippen LogP contribution in [0.25, 0.3) is 0 Å². The number of aromatic nitrogens is 1. The maximum absolute atomic E-state index is 13.5. The summed E-state index contributed by atoms with van der Waals surface area (Å²) in [4.78, 5) is 7.73. The summed E-state index contributed by atoms with van der Waals surface area (Å²) >= 11 is 0. The van der Waals surface area contributed by atoms with Gasteiger partial charge in [0.1, 0.15) is 5.82 Å². The first-order valence-corrected chi connectivity index (χ1v) is 12.2. The van der Waals surface area contributed by atoms with Gasteiger partial charge in [-0.2, -0.15) is 13.2 Å². The first-order valence-electron chi connectivity index (χ1n) is 10.7. The number of rotatable bonds is 5. The van der Waals surface area contributed by atoms with Gasteiger partial charge in [-0.1, -0.05) is 24.0 Å². The number of hydrogen-bond acceptors (Lipinski definition) is 7. The zero-order valence-electron chi connectivity index (χ0n) is 19.0. The van der Waals surface area contributed by atoms with Crippen LogP contribution in [0.4, 0.5) is 24.7 Å². The van der Waals surface area contributed by atoms with Crippen molar-refractivity contribution in [2.45, 2.75) is 30.0 Å².